The number of ether oxygens (including phenoxy) is 1. The van der Waals surface area contributed by atoms with Crippen molar-refractivity contribution in [1.29, 1.82) is 0 Å². The number of nitrogens with one attached hydrogen (secondary N) is 1. The fraction of sp³-hybridized carbons (Fsp3) is 0.364. The summed E-state index contributed by atoms with van der Waals surface area (Å²) in [4.78, 5) is 13.4. The highest BCUT2D eigenvalue weighted by Gasteiger charge is 2.16. The number of hydrogen-bond donors (Lipinski definition) is 1. The van der Waals surface area contributed by atoms with Crippen molar-refractivity contribution < 1.29 is 13.9 Å². The van der Waals surface area contributed by atoms with Gasteiger partial charge in [-0.3, -0.25) is 0 Å². The molecule has 1 fully saturated rings. The van der Waals surface area contributed by atoms with Crippen LogP contribution in [0.4, 0.5) is 14.9 Å². The van der Waals surface area contributed by atoms with E-state index in [0.29, 0.717) is 32.0 Å². The third-order valence-corrected chi connectivity index (χ3v) is 2.78. The van der Waals surface area contributed by atoms with Crippen LogP contribution < -0.4 is 5.32 Å². The highest BCUT2D eigenvalue weighted by atomic mass is 35.5. The first-order valence-electron chi connectivity index (χ1n) is 5.25. The predicted octanol–water partition coefficient (Wildman–Crippen LogP) is 2.34. The third kappa shape index (κ3) is 3.08. The molecule has 0 saturated carbocycles. The van der Waals surface area contributed by atoms with Crippen LogP contribution in [0.15, 0.2) is 18.2 Å². The lowest BCUT2D eigenvalue weighted by atomic mass is 10.3. The molecule has 0 spiro atoms. The maximum atomic E-state index is 13.2. The largest absolute Gasteiger partial charge is 0.378 e. The Kier molecular flexibility index (Phi) is 3.81. The zero-order valence-electron chi connectivity index (χ0n) is 9.08. The molecule has 1 aliphatic rings. The monoisotopic (exact) mass is 258 g/mol. The number of nitrogens with zero attached hydrogens (tertiary/aromatic N) is 1. The first-order chi connectivity index (χ1) is 8.16. The molecule has 1 aromatic carbocycles. The number of anilines is 1. The van der Waals surface area contributed by atoms with Crippen molar-refractivity contribution in [3.8, 4) is 0 Å². The Hall–Kier alpha value is -1.33. The van der Waals surface area contributed by atoms with Crippen LogP contribution >= 0.6 is 11.6 Å². The Morgan fingerprint density at radius 1 is 1.41 bits per heavy atom. The van der Waals surface area contributed by atoms with Gasteiger partial charge in [-0.25, -0.2) is 9.18 Å². The fourth-order valence-corrected chi connectivity index (χ4v) is 1.66. The summed E-state index contributed by atoms with van der Waals surface area (Å²) in [6, 6.07) is 3.91. The average Bonchev–Trinajstić information content (AvgIpc) is 2.35. The second-order valence-electron chi connectivity index (χ2n) is 3.66. The van der Waals surface area contributed by atoms with Crippen LogP contribution in [0.2, 0.25) is 5.02 Å². The van der Waals surface area contributed by atoms with E-state index in [-0.39, 0.29) is 11.1 Å². The summed E-state index contributed by atoms with van der Waals surface area (Å²) in [7, 11) is 0. The Bertz CT molecular complexity index is 422. The van der Waals surface area contributed by atoms with Gasteiger partial charge in [-0.2, -0.15) is 0 Å². The summed E-state index contributed by atoms with van der Waals surface area (Å²) in [5.74, 6) is -0.550. The molecule has 0 unspecified atom stereocenters. The van der Waals surface area contributed by atoms with E-state index >= 15 is 0 Å². The van der Waals surface area contributed by atoms with Gasteiger partial charge in [-0.1, -0.05) is 11.6 Å². The van der Waals surface area contributed by atoms with E-state index in [1.165, 1.54) is 12.1 Å². The minimum Gasteiger partial charge on any atom is -0.378 e. The zero-order chi connectivity index (χ0) is 12.3. The molecule has 1 aliphatic heterocycles. The molecule has 1 N–H and O–H groups in total. The molecule has 4 nitrogen and oxygen atoms in total. The average molecular weight is 259 g/mol. The predicted molar refractivity (Wildman–Crippen MR) is 62.8 cm³/mol. The number of urea groups is 1. The smallest absolute Gasteiger partial charge is 0.322 e. The van der Waals surface area contributed by atoms with Gasteiger partial charge in [0.05, 0.1) is 18.2 Å². The van der Waals surface area contributed by atoms with Crippen molar-refractivity contribution in [3.63, 3.8) is 0 Å². The number of carbonyl (C=O) groups is 1. The number of morpholine rings is 1. The van der Waals surface area contributed by atoms with Crippen LogP contribution in [0.5, 0.6) is 0 Å². The van der Waals surface area contributed by atoms with Crippen LogP contribution in [-0.4, -0.2) is 37.2 Å². The van der Waals surface area contributed by atoms with Crippen molar-refractivity contribution in [1.82, 2.24) is 4.90 Å². The molecule has 6 heteroatoms. The third-order valence-electron chi connectivity index (χ3n) is 2.47. The Balaban J connectivity index is 1.99. The summed E-state index contributed by atoms with van der Waals surface area (Å²) < 4.78 is 18.3. The topological polar surface area (TPSA) is 41.6 Å². The summed E-state index contributed by atoms with van der Waals surface area (Å²) in [6.07, 6.45) is 0. The minimum absolute atomic E-state index is 0.0365. The molecule has 0 atom stereocenters. The molecule has 92 valence electrons. The fourth-order valence-electron chi connectivity index (χ4n) is 1.54. The lowest BCUT2D eigenvalue weighted by molar-refractivity contribution is 0.0564. The summed E-state index contributed by atoms with van der Waals surface area (Å²) in [5, 5.41) is 2.65. The van der Waals surface area contributed by atoms with Crippen LogP contribution in [0, 0.1) is 5.82 Å². The summed E-state index contributed by atoms with van der Waals surface area (Å²) >= 11 is 5.55. The summed E-state index contributed by atoms with van der Waals surface area (Å²) in [5.41, 5.74) is 0.392. The normalized spacial score (nSPS) is 15.8. The maximum absolute atomic E-state index is 13.2. The van der Waals surface area contributed by atoms with E-state index in [4.69, 9.17) is 16.3 Å². The van der Waals surface area contributed by atoms with E-state index in [0.717, 1.165) is 0 Å². The SMILES string of the molecule is O=C(Nc1ccc(Cl)c(F)c1)N1CCOCC1. The molecule has 17 heavy (non-hydrogen) atoms. The second-order valence-corrected chi connectivity index (χ2v) is 4.07. The van der Waals surface area contributed by atoms with E-state index in [9.17, 15) is 9.18 Å². The molecule has 0 aromatic heterocycles. The zero-order valence-corrected chi connectivity index (χ0v) is 9.84. The van der Waals surface area contributed by atoms with Gasteiger partial charge < -0.3 is 15.0 Å². The molecule has 1 heterocycles. The number of carbonyl (C=O) groups excluding carboxylic acids is 1. The number of benzene rings is 1. The minimum atomic E-state index is -0.550. The van der Waals surface area contributed by atoms with Crippen LogP contribution in [0.1, 0.15) is 0 Å². The number of hydrogen-bond acceptors (Lipinski definition) is 2. The van der Waals surface area contributed by atoms with E-state index in [2.05, 4.69) is 5.32 Å². The van der Waals surface area contributed by atoms with Crippen molar-refractivity contribution in [2.75, 3.05) is 31.6 Å². The molecule has 0 bridgehead atoms. The van der Waals surface area contributed by atoms with Gasteiger partial charge in [0.15, 0.2) is 0 Å². The standard InChI is InChI=1S/C11H12ClFN2O2/c12-9-2-1-8(7-10(9)13)14-11(16)15-3-5-17-6-4-15/h1-2,7H,3-6H2,(H,14,16). The lowest BCUT2D eigenvalue weighted by Crippen LogP contribution is -2.43. The highest BCUT2D eigenvalue weighted by molar-refractivity contribution is 6.30. The summed E-state index contributed by atoms with van der Waals surface area (Å²) in [6.45, 7) is 2.15. The van der Waals surface area contributed by atoms with Crippen LogP contribution in [0.3, 0.4) is 0 Å². The van der Waals surface area contributed by atoms with Crippen molar-refractivity contribution in [2.45, 2.75) is 0 Å². The van der Waals surface area contributed by atoms with Crippen molar-refractivity contribution in [3.05, 3.63) is 29.0 Å². The van der Waals surface area contributed by atoms with Crippen molar-refractivity contribution >= 4 is 23.3 Å². The number of halogens is 2. The molecule has 2 amide bonds. The van der Waals surface area contributed by atoms with E-state index < -0.39 is 5.82 Å². The van der Waals surface area contributed by atoms with Crippen LogP contribution in [-0.2, 0) is 4.74 Å². The molecule has 1 aromatic rings. The molecule has 2 rings (SSSR count). The van der Waals surface area contributed by atoms with Crippen molar-refractivity contribution in [2.24, 2.45) is 0 Å². The second kappa shape index (κ2) is 5.33. The lowest BCUT2D eigenvalue weighted by Gasteiger charge is -2.26. The number of amides is 2. The molecule has 0 radical (unpaired) electrons. The van der Waals surface area contributed by atoms with Gasteiger partial charge in [0.25, 0.3) is 0 Å². The van der Waals surface area contributed by atoms with Gasteiger partial charge in [-0.15, -0.1) is 0 Å². The van der Waals surface area contributed by atoms with Gasteiger partial charge in [0.2, 0.25) is 0 Å². The van der Waals surface area contributed by atoms with Gasteiger partial charge >= 0.3 is 6.03 Å². The number of rotatable bonds is 1. The first kappa shape index (κ1) is 12.1. The van der Waals surface area contributed by atoms with Gasteiger partial charge in [-0.05, 0) is 18.2 Å². The van der Waals surface area contributed by atoms with Crippen LogP contribution in [0.25, 0.3) is 0 Å². The molecular formula is C11H12ClFN2O2. The Morgan fingerprint density at radius 2 is 2.12 bits per heavy atom. The van der Waals surface area contributed by atoms with E-state index in [1.54, 1.807) is 11.0 Å². The maximum Gasteiger partial charge on any atom is 0.322 e. The van der Waals surface area contributed by atoms with Gasteiger partial charge in [0, 0.05) is 18.8 Å². The Morgan fingerprint density at radius 3 is 2.76 bits per heavy atom. The molecule has 1 saturated heterocycles. The van der Waals surface area contributed by atoms with E-state index in [1.807, 2.05) is 0 Å². The van der Waals surface area contributed by atoms with Gasteiger partial charge in [0.1, 0.15) is 5.82 Å². The molecule has 0 aliphatic carbocycles. The highest BCUT2D eigenvalue weighted by Crippen LogP contribution is 2.19. The Labute approximate surface area is 103 Å². The first-order valence-corrected chi connectivity index (χ1v) is 5.63. The quantitative estimate of drug-likeness (QED) is 0.840. The molecular weight excluding hydrogens is 247 g/mol.